The molecule has 0 saturated heterocycles. The van der Waals surface area contributed by atoms with Gasteiger partial charge in [-0.1, -0.05) is 30.3 Å². The Morgan fingerprint density at radius 3 is 2.20 bits per heavy atom. The summed E-state index contributed by atoms with van der Waals surface area (Å²) in [6.45, 7) is 4.05. The lowest BCUT2D eigenvalue weighted by Crippen LogP contribution is -1.83. The number of azo groups is 1. The molecule has 126 valence electrons. The van der Waals surface area contributed by atoms with Crippen LogP contribution in [-0.2, 0) is 0 Å². The molecule has 0 unspecified atom stereocenters. The van der Waals surface area contributed by atoms with Crippen LogP contribution >= 0.6 is 0 Å². The van der Waals surface area contributed by atoms with Gasteiger partial charge in [-0.3, -0.25) is 0 Å². The Morgan fingerprint density at radius 1 is 0.800 bits per heavy atom. The molecular formula is C21H20N2O2. The summed E-state index contributed by atoms with van der Waals surface area (Å²) in [4.78, 5) is 0. The summed E-state index contributed by atoms with van der Waals surface area (Å²) in [5.74, 6) is 0.906. The van der Waals surface area contributed by atoms with Crippen LogP contribution in [0.3, 0.4) is 0 Å². The Balaban J connectivity index is 1.93. The number of nitrogens with zero attached hydrogens (tertiary/aromatic N) is 2. The zero-order chi connectivity index (χ0) is 17.8. The molecule has 4 nitrogen and oxygen atoms in total. The number of hydrogen-bond donors (Lipinski definition) is 1. The van der Waals surface area contributed by atoms with E-state index in [4.69, 9.17) is 4.74 Å². The third-order valence-corrected chi connectivity index (χ3v) is 4.24. The van der Waals surface area contributed by atoms with Gasteiger partial charge in [-0.15, -0.1) is 5.11 Å². The highest BCUT2D eigenvalue weighted by Gasteiger charge is 2.05. The lowest BCUT2D eigenvalue weighted by atomic mass is 10.0. The average molecular weight is 332 g/mol. The number of hydrogen-bond acceptors (Lipinski definition) is 4. The molecule has 3 rings (SSSR count). The first-order chi connectivity index (χ1) is 12.1. The van der Waals surface area contributed by atoms with E-state index in [0.717, 1.165) is 33.7 Å². The van der Waals surface area contributed by atoms with Crippen molar-refractivity contribution in [3.8, 4) is 22.6 Å². The summed E-state index contributed by atoms with van der Waals surface area (Å²) >= 11 is 0. The second kappa shape index (κ2) is 7.18. The maximum atomic E-state index is 10.1. The highest BCUT2D eigenvalue weighted by molar-refractivity contribution is 5.70. The van der Waals surface area contributed by atoms with E-state index in [1.807, 2.05) is 68.4 Å². The van der Waals surface area contributed by atoms with Crippen LogP contribution in [-0.4, -0.2) is 12.2 Å². The second-order valence-corrected chi connectivity index (χ2v) is 5.85. The maximum Gasteiger partial charge on any atom is 0.143 e. The molecule has 0 saturated carbocycles. The van der Waals surface area contributed by atoms with Crippen LogP contribution in [0, 0.1) is 13.8 Å². The number of aryl methyl sites for hydroxylation is 1. The molecule has 0 radical (unpaired) electrons. The average Bonchev–Trinajstić information content (AvgIpc) is 2.64. The van der Waals surface area contributed by atoms with E-state index in [0.29, 0.717) is 5.69 Å². The molecule has 0 heterocycles. The number of phenols is 1. The van der Waals surface area contributed by atoms with Crippen LogP contribution in [0.25, 0.3) is 11.1 Å². The van der Waals surface area contributed by atoms with Gasteiger partial charge in [0.15, 0.2) is 0 Å². The molecule has 4 heteroatoms. The molecule has 0 amide bonds. The molecule has 0 aromatic heterocycles. The quantitative estimate of drug-likeness (QED) is 0.587. The zero-order valence-electron chi connectivity index (χ0n) is 14.5. The highest BCUT2D eigenvalue weighted by Crippen LogP contribution is 2.34. The van der Waals surface area contributed by atoms with Crippen molar-refractivity contribution < 1.29 is 9.84 Å². The Hall–Kier alpha value is -3.14. The summed E-state index contributed by atoms with van der Waals surface area (Å²) in [5.41, 5.74) is 5.45. The Bertz CT molecular complexity index is 916. The molecule has 0 aliphatic carbocycles. The fourth-order valence-corrected chi connectivity index (χ4v) is 2.52. The molecule has 0 spiro atoms. The largest absolute Gasteiger partial charge is 0.506 e. The van der Waals surface area contributed by atoms with E-state index in [-0.39, 0.29) is 5.75 Å². The van der Waals surface area contributed by atoms with Crippen molar-refractivity contribution in [2.24, 2.45) is 10.2 Å². The Morgan fingerprint density at radius 2 is 1.48 bits per heavy atom. The lowest BCUT2D eigenvalue weighted by Gasteiger charge is -2.06. The maximum absolute atomic E-state index is 10.1. The van der Waals surface area contributed by atoms with Crippen molar-refractivity contribution in [2.75, 3.05) is 7.11 Å². The van der Waals surface area contributed by atoms with Gasteiger partial charge in [0.1, 0.15) is 17.2 Å². The van der Waals surface area contributed by atoms with Crippen LogP contribution in [0.4, 0.5) is 11.4 Å². The predicted molar refractivity (Wildman–Crippen MR) is 100 cm³/mol. The van der Waals surface area contributed by atoms with Crippen LogP contribution < -0.4 is 4.74 Å². The number of aromatic hydroxyl groups is 1. The first-order valence-electron chi connectivity index (χ1n) is 8.04. The minimum absolute atomic E-state index is 0.103. The normalized spacial score (nSPS) is 11.0. The van der Waals surface area contributed by atoms with Gasteiger partial charge in [0.2, 0.25) is 0 Å². The topological polar surface area (TPSA) is 54.2 Å². The molecule has 3 aromatic rings. The third-order valence-electron chi connectivity index (χ3n) is 4.24. The summed E-state index contributed by atoms with van der Waals surface area (Å²) < 4.78 is 5.18. The van der Waals surface area contributed by atoms with Crippen molar-refractivity contribution in [1.82, 2.24) is 0 Å². The van der Waals surface area contributed by atoms with Gasteiger partial charge in [-0.2, -0.15) is 5.11 Å². The molecule has 0 aliphatic heterocycles. The van der Waals surface area contributed by atoms with E-state index < -0.39 is 0 Å². The molecular weight excluding hydrogens is 312 g/mol. The lowest BCUT2D eigenvalue weighted by molar-refractivity contribution is 0.415. The van der Waals surface area contributed by atoms with Gasteiger partial charge in [-0.25, -0.2) is 0 Å². The molecule has 25 heavy (non-hydrogen) atoms. The van der Waals surface area contributed by atoms with Crippen LogP contribution in [0.5, 0.6) is 11.5 Å². The van der Waals surface area contributed by atoms with E-state index in [1.165, 1.54) is 0 Å². The van der Waals surface area contributed by atoms with Crippen molar-refractivity contribution in [2.45, 2.75) is 13.8 Å². The summed E-state index contributed by atoms with van der Waals surface area (Å²) in [6, 6.07) is 19.0. The molecule has 0 fully saturated rings. The van der Waals surface area contributed by atoms with E-state index >= 15 is 0 Å². The smallest absolute Gasteiger partial charge is 0.143 e. The highest BCUT2D eigenvalue weighted by atomic mass is 16.5. The first-order valence-corrected chi connectivity index (χ1v) is 8.04. The van der Waals surface area contributed by atoms with E-state index in [9.17, 15) is 5.11 Å². The SMILES string of the molecule is COc1ccc(-c2ccc(O)c(N=Nc3cccc(C)c3C)c2)cc1. The number of methoxy groups -OCH3 is 1. The van der Waals surface area contributed by atoms with E-state index in [1.54, 1.807) is 13.2 Å². The van der Waals surface area contributed by atoms with E-state index in [2.05, 4.69) is 10.2 Å². The van der Waals surface area contributed by atoms with Gasteiger partial charge in [0, 0.05) is 0 Å². The summed E-state index contributed by atoms with van der Waals surface area (Å²) in [5, 5.41) is 18.6. The second-order valence-electron chi connectivity index (χ2n) is 5.85. The minimum Gasteiger partial charge on any atom is -0.506 e. The molecule has 0 bridgehead atoms. The fourth-order valence-electron chi connectivity index (χ4n) is 2.52. The fraction of sp³-hybridized carbons (Fsp3) is 0.143. The molecule has 1 N–H and O–H groups in total. The number of benzene rings is 3. The standard InChI is InChI=1S/C21H20N2O2/c1-14-5-4-6-19(15(14)2)22-23-20-13-17(9-12-21(20)24)16-7-10-18(25-3)11-8-16/h4-13,24H,1-3H3. The molecule has 0 aliphatic rings. The van der Waals surface area contributed by atoms with Crippen molar-refractivity contribution >= 4 is 11.4 Å². The van der Waals surface area contributed by atoms with Crippen molar-refractivity contribution in [3.63, 3.8) is 0 Å². The summed E-state index contributed by atoms with van der Waals surface area (Å²) in [6.07, 6.45) is 0. The van der Waals surface area contributed by atoms with Crippen LogP contribution in [0.1, 0.15) is 11.1 Å². The predicted octanol–water partition coefficient (Wildman–Crippen LogP) is 6.10. The van der Waals surface area contributed by atoms with Gasteiger partial charge >= 0.3 is 0 Å². The van der Waals surface area contributed by atoms with Gasteiger partial charge in [-0.05, 0) is 66.4 Å². The van der Waals surface area contributed by atoms with Crippen molar-refractivity contribution in [3.05, 3.63) is 71.8 Å². The van der Waals surface area contributed by atoms with Gasteiger partial charge in [0.05, 0.1) is 12.8 Å². The number of phenolic OH excluding ortho intramolecular Hbond substituents is 1. The van der Waals surface area contributed by atoms with Crippen LogP contribution in [0.2, 0.25) is 0 Å². The summed E-state index contributed by atoms with van der Waals surface area (Å²) in [7, 11) is 1.64. The van der Waals surface area contributed by atoms with Crippen LogP contribution in [0.15, 0.2) is 70.9 Å². The monoisotopic (exact) mass is 332 g/mol. The molecule has 0 atom stereocenters. The zero-order valence-corrected chi connectivity index (χ0v) is 14.5. The van der Waals surface area contributed by atoms with Crippen molar-refractivity contribution in [1.29, 1.82) is 0 Å². The number of rotatable bonds is 4. The Kier molecular flexibility index (Phi) is 4.80. The first kappa shape index (κ1) is 16.7. The van der Waals surface area contributed by atoms with Gasteiger partial charge in [0.25, 0.3) is 0 Å². The van der Waals surface area contributed by atoms with Gasteiger partial charge < -0.3 is 9.84 Å². The Labute approximate surface area is 147 Å². The minimum atomic E-state index is 0.103. The number of ether oxygens (including phenoxy) is 1. The molecule has 3 aromatic carbocycles. The third kappa shape index (κ3) is 3.69.